The largest absolute Gasteiger partial charge is 0.340 e. The molecule has 8 heteroatoms. The predicted octanol–water partition coefficient (Wildman–Crippen LogP) is 1.65. The van der Waals surface area contributed by atoms with Crippen LogP contribution >= 0.6 is 0 Å². The van der Waals surface area contributed by atoms with Gasteiger partial charge in [-0.1, -0.05) is 0 Å². The lowest BCUT2D eigenvalue weighted by atomic mass is 10.2. The zero-order chi connectivity index (χ0) is 15.3. The fraction of sp³-hybridized carbons (Fsp3) is 0.143. The van der Waals surface area contributed by atoms with Gasteiger partial charge in [0.05, 0.1) is 11.0 Å². The molecule has 0 aliphatic carbocycles. The summed E-state index contributed by atoms with van der Waals surface area (Å²) in [5.74, 6) is 1.35. The maximum atomic E-state index is 11.3. The van der Waals surface area contributed by atoms with Gasteiger partial charge in [-0.2, -0.15) is 14.6 Å². The Morgan fingerprint density at radius 1 is 1.18 bits per heavy atom. The third-order valence-corrected chi connectivity index (χ3v) is 3.69. The Hall–Kier alpha value is -3.16. The fourth-order valence-corrected chi connectivity index (χ4v) is 2.43. The van der Waals surface area contributed by atoms with E-state index in [4.69, 9.17) is 0 Å². The number of imidazole rings is 1. The van der Waals surface area contributed by atoms with Crippen molar-refractivity contribution in [1.82, 2.24) is 29.5 Å². The summed E-state index contributed by atoms with van der Waals surface area (Å²) in [6.07, 6.45) is 1.47. The van der Waals surface area contributed by atoms with Gasteiger partial charge in [0.2, 0.25) is 0 Å². The summed E-state index contributed by atoms with van der Waals surface area (Å²) in [5.41, 5.74) is 4.01. The minimum atomic E-state index is -0.221. The molecule has 3 aromatic heterocycles. The number of aromatic amines is 2. The molecule has 0 saturated heterocycles. The van der Waals surface area contributed by atoms with E-state index in [1.165, 1.54) is 6.33 Å². The number of hydrogen-bond donors (Lipinski definition) is 3. The van der Waals surface area contributed by atoms with E-state index in [1.54, 1.807) is 4.52 Å². The summed E-state index contributed by atoms with van der Waals surface area (Å²) in [6.45, 7) is 3.91. The van der Waals surface area contributed by atoms with E-state index in [-0.39, 0.29) is 5.69 Å². The lowest BCUT2D eigenvalue weighted by Crippen LogP contribution is -2.06. The fourth-order valence-electron chi connectivity index (χ4n) is 2.43. The molecule has 4 rings (SSSR count). The number of fused-ring (bicyclic) bond motifs is 2. The lowest BCUT2D eigenvalue weighted by Gasteiger charge is -2.12. The molecule has 0 radical (unpaired) electrons. The first-order valence-corrected chi connectivity index (χ1v) is 6.78. The maximum absolute atomic E-state index is 11.3. The second-order valence-electron chi connectivity index (χ2n) is 5.11. The molecule has 0 aliphatic heterocycles. The number of nitrogens with one attached hydrogen (secondary N) is 3. The van der Waals surface area contributed by atoms with Gasteiger partial charge in [0.1, 0.15) is 12.1 Å². The maximum Gasteiger partial charge on any atom is 0.323 e. The first-order chi connectivity index (χ1) is 10.6. The Kier molecular flexibility index (Phi) is 2.52. The topological polar surface area (TPSA) is 104 Å². The van der Waals surface area contributed by atoms with Crippen LogP contribution in [0.25, 0.3) is 16.8 Å². The lowest BCUT2D eigenvalue weighted by molar-refractivity contribution is 0.923. The highest BCUT2D eigenvalue weighted by atomic mass is 16.1. The number of rotatable bonds is 2. The Bertz CT molecular complexity index is 1060. The Balaban J connectivity index is 1.86. The van der Waals surface area contributed by atoms with Crippen LogP contribution in [0.3, 0.4) is 0 Å². The van der Waals surface area contributed by atoms with Crippen LogP contribution in [-0.2, 0) is 0 Å². The minimum absolute atomic E-state index is 0.221. The van der Waals surface area contributed by atoms with E-state index in [0.717, 1.165) is 33.8 Å². The van der Waals surface area contributed by atoms with Gasteiger partial charge < -0.3 is 15.3 Å². The molecule has 1 aromatic carbocycles. The number of nitrogens with zero attached hydrogens (tertiary/aromatic N) is 4. The standard InChI is InChI=1S/C14H13N7O/c1-7-8(2)17-13-15-6-16-21(13)12(7)18-9-3-4-10-11(5-9)20-14(22)19-10/h3-6,18H,1-2H3,(H2,19,20,22). The van der Waals surface area contributed by atoms with Crippen molar-refractivity contribution >= 4 is 28.3 Å². The molecule has 0 amide bonds. The van der Waals surface area contributed by atoms with Crippen LogP contribution in [-0.4, -0.2) is 29.5 Å². The summed E-state index contributed by atoms with van der Waals surface area (Å²) in [4.78, 5) is 25.3. The molecule has 3 heterocycles. The second-order valence-corrected chi connectivity index (χ2v) is 5.11. The van der Waals surface area contributed by atoms with Crippen LogP contribution in [0.5, 0.6) is 0 Å². The average molecular weight is 295 g/mol. The van der Waals surface area contributed by atoms with E-state index < -0.39 is 0 Å². The number of hydrogen-bond acceptors (Lipinski definition) is 5. The third-order valence-electron chi connectivity index (χ3n) is 3.69. The van der Waals surface area contributed by atoms with Crippen molar-refractivity contribution in [3.05, 3.63) is 46.3 Å². The van der Waals surface area contributed by atoms with Crippen molar-refractivity contribution in [2.24, 2.45) is 0 Å². The van der Waals surface area contributed by atoms with Crippen LogP contribution < -0.4 is 11.0 Å². The molecule has 8 nitrogen and oxygen atoms in total. The average Bonchev–Trinajstić information content (AvgIpc) is 3.08. The molecule has 0 unspecified atom stereocenters. The Labute approximate surface area is 124 Å². The number of H-pyrrole nitrogens is 2. The molecule has 0 bridgehead atoms. The zero-order valence-corrected chi connectivity index (χ0v) is 12.0. The molecule has 3 N–H and O–H groups in total. The predicted molar refractivity (Wildman–Crippen MR) is 82.5 cm³/mol. The summed E-state index contributed by atoms with van der Waals surface area (Å²) < 4.78 is 1.66. The minimum Gasteiger partial charge on any atom is -0.340 e. The van der Waals surface area contributed by atoms with Crippen LogP contribution in [0.15, 0.2) is 29.3 Å². The highest BCUT2D eigenvalue weighted by Crippen LogP contribution is 2.23. The quantitative estimate of drug-likeness (QED) is 0.521. The molecule has 4 aromatic rings. The number of benzene rings is 1. The highest BCUT2D eigenvalue weighted by molar-refractivity contribution is 5.80. The SMILES string of the molecule is Cc1nc2ncnn2c(Nc2ccc3[nH]c(=O)[nH]c3c2)c1C. The highest BCUT2D eigenvalue weighted by Gasteiger charge is 2.11. The van der Waals surface area contributed by atoms with Crippen LogP contribution in [0.4, 0.5) is 11.5 Å². The Morgan fingerprint density at radius 2 is 2.00 bits per heavy atom. The molecule has 110 valence electrons. The van der Waals surface area contributed by atoms with Gasteiger partial charge in [0.15, 0.2) is 0 Å². The molecule has 22 heavy (non-hydrogen) atoms. The van der Waals surface area contributed by atoms with Crippen molar-refractivity contribution < 1.29 is 0 Å². The van der Waals surface area contributed by atoms with Gasteiger partial charge in [-0.25, -0.2) is 9.78 Å². The molecule has 0 fully saturated rings. The van der Waals surface area contributed by atoms with E-state index in [9.17, 15) is 4.79 Å². The summed E-state index contributed by atoms with van der Waals surface area (Å²) in [5, 5.41) is 7.53. The molecule has 0 spiro atoms. The second kappa shape index (κ2) is 4.42. The van der Waals surface area contributed by atoms with Gasteiger partial charge in [-0.15, -0.1) is 0 Å². The van der Waals surface area contributed by atoms with Crippen LogP contribution in [0, 0.1) is 13.8 Å². The van der Waals surface area contributed by atoms with Gasteiger partial charge in [-0.05, 0) is 32.0 Å². The van der Waals surface area contributed by atoms with Gasteiger partial charge in [0, 0.05) is 16.9 Å². The third kappa shape index (κ3) is 1.85. The van der Waals surface area contributed by atoms with Gasteiger partial charge in [-0.3, -0.25) is 0 Å². The van der Waals surface area contributed by atoms with Crippen molar-refractivity contribution in [2.45, 2.75) is 13.8 Å². The molecular formula is C14H13N7O. The zero-order valence-electron chi connectivity index (χ0n) is 12.0. The first kappa shape index (κ1) is 12.6. The summed E-state index contributed by atoms with van der Waals surface area (Å²) in [6, 6.07) is 5.60. The number of aromatic nitrogens is 6. The van der Waals surface area contributed by atoms with Crippen LogP contribution in [0.1, 0.15) is 11.3 Å². The Morgan fingerprint density at radius 3 is 2.86 bits per heavy atom. The smallest absolute Gasteiger partial charge is 0.323 e. The van der Waals surface area contributed by atoms with E-state index in [1.807, 2.05) is 32.0 Å². The normalized spacial score (nSPS) is 11.4. The van der Waals surface area contributed by atoms with Crippen molar-refractivity contribution in [3.8, 4) is 0 Å². The van der Waals surface area contributed by atoms with E-state index in [0.29, 0.717) is 5.78 Å². The van der Waals surface area contributed by atoms with Crippen molar-refractivity contribution in [1.29, 1.82) is 0 Å². The number of aryl methyl sites for hydroxylation is 1. The van der Waals surface area contributed by atoms with Crippen LogP contribution in [0.2, 0.25) is 0 Å². The molecular weight excluding hydrogens is 282 g/mol. The molecule has 0 aliphatic rings. The van der Waals surface area contributed by atoms with Crippen molar-refractivity contribution in [3.63, 3.8) is 0 Å². The molecule has 0 saturated carbocycles. The van der Waals surface area contributed by atoms with Gasteiger partial charge >= 0.3 is 5.69 Å². The molecule has 0 atom stereocenters. The van der Waals surface area contributed by atoms with E-state index >= 15 is 0 Å². The summed E-state index contributed by atoms with van der Waals surface area (Å²) in [7, 11) is 0. The van der Waals surface area contributed by atoms with E-state index in [2.05, 4.69) is 30.4 Å². The van der Waals surface area contributed by atoms with Crippen molar-refractivity contribution in [2.75, 3.05) is 5.32 Å². The van der Waals surface area contributed by atoms with Gasteiger partial charge in [0.25, 0.3) is 5.78 Å². The monoisotopic (exact) mass is 295 g/mol. The number of anilines is 2. The first-order valence-electron chi connectivity index (χ1n) is 6.78. The summed E-state index contributed by atoms with van der Waals surface area (Å²) >= 11 is 0.